The summed E-state index contributed by atoms with van der Waals surface area (Å²) in [5, 5.41) is 0. The highest BCUT2D eigenvalue weighted by Crippen LogP contribution is 2.28. The van der Waals surface area contributed by atoms with E-state index >= 15 is 0 Å². The van der Waals surface area contributed by atoms with Crippen LogP contribution in [-0.2, 0) is 19.3 Å². The number of nitrogens with two attached hydrogens (primary N) is 1. The summed E-state index contributed by atoms with van der Waals surface area (Å²) in [5.74, 6) is 2.57. The van der Waals surface area contributed by atoms with Crippen molar-refractivity contribution in [2.45, 2.75) is 46.5 Å². The average Bonchev–Trinajstić information content (AvgIpc) is 2.55. The molecule has 0 amide bonds. The zero-order chi connectivity index (χ0) is 11.8. The normalized spacial score (nSPS) is 20.9. The van der Waals surface area contributed by atoms with Crippen LogP contribution in [0.25, 0.3) is 0 Å². The molecular formula is C13H22N2O. The van der Waals surface area contributed by atoms with Crippen molar-refractivity contribution in [3.8, 4) is 0 Å². The Kier molecular flexibility index (Phi) is 3.06. The molecule has 0 radical (unpaired) electrons. The van der Waals surface area contributed by atoms with E-state index in [-0.39, 0.29) is 5.41 Å². The van der Waals surface area contributed by atoms with Gasteiger partial charge in [-0.2, -0.15) is 0 Å². The molecule has 0 saturated carbocycles. The fourth-order valence-electron chi connectivity index (χ4n) is 2.23. The van der Waals surface area contributed by atoms with E-state index < -0.39 is 0 Å². The molecule has 1 unspecified atom stereocenters. The summed E-state index contributed by atoms with van der Waals surface area (Å²) < 4.78 is 5.85. The average molecular weight is 222 g/mol. The Morgan fingerprint density at radius 2 is 2.19 bits per heavy atom. The number of nitrogens with zero attached hydrogens (tertiary/aromatic N) is 1. The summed E-state index contributed by atoms with van der Waals surface area (Å²) in [4.78, 5) is 4.60. The molecule has 90 valence electrons. The van der Waals surface area contributed by atoms with Crippen LogP contribution in [0.1, 0.15) is 44.5 Å². The van der Waals surface area contributed by atoms with Gasteiger partial charge in [0.25, 0.3) is 0 Å². The van der Waals surface area contributed by atoms with Gasteiger partial charge in [0.05, 0.1) is 5.69 Å². The van der Waals surface area contributed by atoms with Gasteiger partial charge in [0.15, 0.2) is 5.89 Å². The molecule has 2 N–H and O–H groups in total. The second-order valence-corrected chi connectivity index (χ2v) is 6.06. The Morgan fingerprint density at radius 3 is 2.81 bits per heavy atom. The van der Waals surface area contributed by atoms with Crippen molar-refractivity contribution >= 4 is 0 Å². The lowest BCUT2D eigenvalue weighted by Gasteiger charge is -2.17. The Morgan fingerprint density at radius 1 is 1.44 bits per heavy atom. The zero-order valence-electron chi connectivity index (χ0n) is 10.5. The lowest BCUT2D eigenvalue weighted by Crippen LogP contribution is -2.21. The maximum Gasteiger partial charge on any atom is 0.195 e. The predicted molar refractivity (Wildman–Crippen MR) is 64.2 cm³/mol. The van der Waals surface area contributed by atoms with Gasteiger partial charge in [-0.15, -0.1) is 0 Å². The summed E-state index contributed by atoms with van der Waals surface area (Å²) in [6, 6.07) is 0. The van der Waals surface area contributed by atoms with E-state index in [1.165, 1.54) is 5.69 Å². The van der Waals surface area contributed by atoms with Crippen LogP contribution in [0.15, 0.2) is 4.42 Å². The van der Waals surface area contributed by atoms with Crippen molar-refractivity contribution in [3.05, 3.63) is 17.3 Å². The lowest BCUT2D eigenvalue weighted by molar-refractivity contribution is 0.333. The first-order valence-corrected chi connectivity index (χ1v) is 6.15. The molecule has 0 bridgehead atoms. The van der Waals surface area contributed by atoms with Gasteiger partial charge in [0.1, 0.15) is 5.76 Å². The molecule has 1 aliphatic rings. The van der Waals surface area contributed by atoms with Crippen molar-refractivity contribution in [2.75, 3.05) is 6.54 Å². The Bertz CT molecular complexity index is 362. The number of rotatable bonds is 2. The van der Waals surface area contributed by atoms with Crippen molar-refractivity contribution < 1.29 is 4.42 Å². The van der Waals surface area contributed by atoms with E-state index in [1.807, 2.05) is 0 Å². The van der Waals surface area contributed by atoms with Crippen LogP contribution < -0.4 is 5.73 Å². The van der Waals surface area contributed by atoms with E-state index in [9.17, 15) is 0 Å². The molecule has 2 rings (SSSR count). The van der Waals surface area contributed by atoms with Crippen LogP contribution in [0.4, 0.5) is 0 Å². The minimum absolute atomic E-state index is 0.237. The molecule has 1 aromatic heterocycles. The first kappa shape index (κ1) is 11.6. The summed E-state index contributed by atoms with van der Waals surface area (Å²) in [5.41, 5.74) is 7.11. The van der Waals surface area contributed by atoms with Gasteiger partial charge in [0.2, 0.25) is 0 Å². The fourth-order valence-corrected chi connectivity index (χ4v) is 2.23. The van der Waals surface area contributed by atoms with Crippen LogP contribution in [0, 0.1) is 11.3 Å². The Balaban J connectivity index is 2.12. The zero-order valence-corrected chi connectivity index (χ0v) is 10.5. The second kappa shape index (κ2) is 4.21. The molecule has 16 heavy (non-hydrogen) atoms. The summed E-state index contributed by atoms with van der Waals surface area (Å²) in [7, 11) is 0. The number of oxazole rings is 1. The molecule has 1 heterocycles. The van der Waals surface area contributed by atoms with Gasteiger partial charge in [-0.1, -0.05) is 20.8 Å². The Labute approximate surface area is 97.4 Å². The van der Waals surface area contributed by atoms with Crippen molar-refractivity contribution in [2.24, 2.45) is 17.1 Å². The third-order valence-electron chi connectivity index (χ3n) is 3.10. The first-order chi connectivity index (χ1) is 7.48. The molecule has 3 heteroatoms. The smallest absolute Gasteiger partial charge is 0.195 e. The van der Waals surface area contributed by atoms with Crippen molar-refractivity contribution in [3.63, 3.8) is 0 Å². The fraction of sp³-hybridized carbons (Fsp3) is 0.769. The van der Waals surface area contributed by atoms with Gasteiger partial charge in [0, 0.05) is 12.8 Å². The minimum atomic E-state index is 0.237. The van der Waals surface area contributed by atoms with Crippen LogP contribution in [0.3, 0.4) is 0 Å². The van der Waals surface area contributed by atoms with Crippen molar-refractivity contribution in [1.82, 2.24) is 4.98 Å². The molecule has 0 aromatic carbocycles. The number of aryl methyl sites for hydroxylation is 1. The minimum Gasteiger partial charge on any atom is -0.445 e. The summed E-state index contributed by atoms with van der Waals surface area (Å²) in [6.45, 7) is 7.38. The van der Waals surface area contributed by atoms with Crippen molar-refractivity contribution in [1.29, 1.82) is 0 Å². The quantitative estimate of drug-likeness (QED) is 0.835. The second-order valence-electron chi connectivity index (χ2n) is 6.06. The molecule has 1 atom stereocenters. The number of hydrogen-bond donors (Lipinski definition) is 1. The highest BCUT2D eigenvalue weighted by molar-refractivity contribution is 5.15. The van der Waals surface area contributed by atoms with E-state index in [2.05, 4.69) is 25.8 Å². The van der Waals surface area contributed by atoms with Gasteiger partial charge >= 0.3 is 0 Å². The van der Waals surface area contributed by atoms with Gasteiger partial charge in [-0.3, -0.25) is 0 Å². The third-order valence-corrected chi connectivity index (χ3v) is 3.10. The van der Waals surface area contributed by atoms with Crippen LogP contribution in [0.5, 0.6) is 0 Å². The predicted octanol–water partition coefficient (Wildman–Crippen LogP) is 2.33. The molecule has 0 saturated heterocycles. The maximum absolute atomic E-state index is 5.85. The molecule has 1 aromatic rings. The third kappa shape index (κ3) is 2.64. The summed E-state index contributed by atoms with van der Waals surface area (Å²) in [6.07, 6.45) is 4.08. The number of hydrogen-bond acceptors (Lipinski definition) is 3. The van der Waals surface area contributed by atoms with Gasteiger partial charge in [-0.05, 0) is 30.7 Å². The number of fused-ring (bicyclic) bond motifs is 1. The molecule has 0 aliphatic heterocycles. The van der Waals surface area contributed by atoms with Crippen LogP contribution >= 0.6 is 0 Å². The Hall–Kier alpha value is -0.830. The largest absolute Gasteiger partial charge is 0.445 e. The molecule has 3 nitrogen and oxygen atoms in total. The van der Waals surface area contributed by atoms with Crippen LogP contribution in [-0.4, -0.2) is 11.5 Å². The topological polar surface area (TPSA) is 52.0 Å². The first-order valence-electron chi connectivity index (χ1n) is 6.15. The molecule has 1 aliphatic carbocycles. The van der Waals surface area contributed by atoms with Gasteiger partial charge < -0.3 is 10.2 Å². The molecule has 0 spiro atoms. The highest BCUT2D eigenvalue weighted by Gasteiger charge is 2.24. The maximum atomic E-state index is 5.85. The standard InChI is InChI=1S/C13H22N2O/c1-13(2,3)7-12-15-10-5-4-9(8-14)6-11(10)16-12/h9H,4-8,14H2,1-3H3. The molecular weight excluding hydrogens is 200 g/mol. The number of aromatic nitrogens is 1. The highest BCUT2D eigenvalue weighted by atomic mass is 16.4. The van der Waals surface area contributed by atoms with E-state index in [0.717, 1.165) is 43.9 Å². The van der Waals surface area contributed by atoms with E-state index in [1.54, 1.807) is 0 Å². The molecule has 0 fully saturated rings. The summed E-state index contributed by atoms with van der Waals surface area (Å²) >= 11 is 0. The SMILES string of the molecule is CC(C)(C)Cc1nc2c(o1)CC(CN)CC2. The monoisotopic (exact) mass is 222 g/mol. The van der Waals surface area contributed by atoms with E-state index in [0.29, 0.717) is 5.92 Å². The van der Waals surface area contributed by atoms with E-state index in [4.69, 9.17) is 10.2 Å². The lowest BCUT2D eigenvalue weighted by atomic mass is 9.91. The van der Waals surface area contributed by atoms with Gasteiger partial charge in [-0.25, -0.2) is 4.98 Å². The van der Waals surface area contributed by atoms with Crippen LogP contribution in [0.2, 0.25) is 0 Å².